The molecule has 0 spiro atoms. The van der Waals surface area contributed by atoms with Gasteiger partial charge >= 0.3 is 0 Å². The van der Waals surface area contributed by atoms with Crippen LogP contribution in [0.5, 0.6) is 0 Å². The zero-order chi connectivity index (χ0) is 11.1. The predicted octanol–water partition coefficient (Wildman–Crippen LogP) is 2.21. The minimum absolute atomic E-state index is 0.0901. The second-order valence-corrected chi connectivity index (χ2v) is 3.21. The maximum absolute atomic E-state index is 10.9. The Morgan fingerprint density at radius 1 is 1.40 bits per heavy atom. The number of hydrogen-bond donors (Lipinski definition) is 1. The van der Waals surface area contributed by atoms with Crippen molar-refractivity contribution >= 4 is 11.9 Å². The molecule has 1 aromatic rings. The Morgan fingerprint density at radius 2 is 2.07 bits per heavy atom. The summed E-state index contributed by atoms with van der Waals surface area (Å²) in [6.07, 6.45) is 3.97. The molecule has 0 aliphatic heterocycles. The van der Waals surface area contributed by atoms with Crippen molar-refractivity contribution in [3.05, 3.63) is 54.6 Å². The van der Waals surface area contributed by atoms with E-state index in [2.05, 4.69) is 6.58 Å². The fourth-order valence-electron chi connectivity index (χ4n) is 1.14. The largest absolute Gasteiger partial charge is 0.389 e. The van der Waals surface area contributed by atoms with Crippen LogP contribution in [0.4, 0.5) is 0 Å². The van der Waals surface area contributed by atoms with Gasteiger partial charge in [0.1, 0.15) is 0 Å². The predicted molar refractivity (Wildman–Crippen MR) is 61.3 cm³/mol. The molecule has 1 unspecified atom stereocenters. The number of aliphatic hydroxyl groups excluding tert-OH is 1. The fourth-order valence-corrected chi connectivity index (χ4v) is 1.14. The van der Waals surface area contributed by atoms with Crippen molar-refractivity contribution in [1.82, 2.24) is 0 Å². The van der Waals surface area contributed by atoms with Crippen LogP contribution in [0, 0.1) is 0 Å². The molecule has 0 saturated carbocycles. The highest BCUT2D eigenvalue weighted by Gasteiger charge is 2.03. The first-order valence-electron chi connectivity index (χ1n) is 4.79. The van der Waals surface area contributed by atoms with Crippen LogP contribution in [0.15, 0.2) is 49.1 Å². The Balaban J connectivity index is 2.51. The highest BCUT2D eigenvalue weighted by atomic mass is 16.3. The Hall–Kier alpha value is -1.67. The first-order valence-corrected chi connectivity index (χ1v) is 4.79. The van der Waals surface area contributed by atoms with Crippen LogP contribution >= 0.6 is 0 Å². The van der Waals surface area contributed by atoms with Crippen LogP contribution in [-0.4, -0.2) is 17.0 Å². The molecule has 0 aliphatic carbocycles. The Kier molecular flexibility index (Phi) is 4.51. The molecule has 0 aliphatic rings. The number of carbonyl (C=O) groups is 1. The van der Waals surface area contributed by atoms with E-state index in [9.17, 15) is 9.90 Å². The van der Waals surface area contributed by atoms with Gasteiger partial charge in [0.05, 0.1) is 6.10 Å². The van der Waals surface area contributed by atoms with E-state index in [4.69, 9.17) is 0 Å². The second kappa shape index (κ2) is 5.94. The first-order chi connectivity index (χ1) is 7.22. The maximum atomic E-state index is 10.9. The number of aliphatic hydroxyl groups is 1. The van der Waals surface area contributed by atoms with E-state index in [1.54, 1.807) is 12.2 Å². The van der Waals surface area contributed by atoms with E-state index in [0.29, 0.717) is 0 Å². The average molecular weight is 202 g/mol. The third-order valence-corrected chi connectivity index (χ3v) is 1.95. The molecule has 1 aromatic carbocycles. The molecule has 15 heavy (non-hydrogen) atoms. The molecule has 1 atom stereocenters. The molecule has 0 fully saturated rings. The van der Waals surface area contributed by atoms with Crippen molar-refractivity contribution in [2.45, 2.75) is 12.5 Å². The Bertz CT molecular complexity index is 352. The molecular weight excluding hydrogens is 188 g/mol. The third-order valence-electron chi connectivity index (χ3n) is 1.95. The maximum Gasteiger partial charge on any atom is 0.158 e. The molecule has 0 saturated heterocycles. The van der Waals surface area contributed by atoms with E-state index in [1.165, 1.54) is 6.08 Å². The number of ketones is 1. The topological polar surface area (TPSA) is 37.3 Å². The second-order valence-electron chi connectivity index (χ2n) is 3.21. The number of hydrogen-bond acceptors (Lipinski definition) is 2. The van der Waals surface area contributed by atoms with Gasteiger partial charge in [-0.1, -0.05) is 49.1 Å². The van der Waals surface area contributed by atoms with Gasteiger partial charge in [0.2, 0.25) is 0 Å². The van der Waals surface area contributed by atoms with Crippen molar-refractivity contribution in [2.75, 3.05) is 0 Å². The van der Waals surface area contributed by atoms with Crippen molar-refractivity contribution in [1.29, 1.82) is 0 Å². The van der Waals surface area contributed by atoms with Gasteiger partial charge < -0.3 is 5.11 Å². The van der Waals surface area contributed by atoms with Crippen LogP contribution in [0.2, 0.25) is 0 Å². The van der Waals surface area contributed by atoms with E-state index < -0.39 is 6.10 Å². The van der Waals surface area contributed by atoms with Crippen LogP contribution in [0.1, 0.15) is 12.0 Å². The van der Waals surface area contributed by atoms with Gasteiger partial charge in [-0.15, -0.1) is 0 Å². The molecule has 1 rings (SSSR count). The summed E-state index contributed by atoms with van der Waals surface area (Å²) < 4.78 is 0. The van der Waals surface area contributed by atoms with Gasteiger partial charge in [0, 0.05) is 6.42 Å². The third kappa shape index (κ3) is 4.38. The van der Waals surface area contributed by atoms with Crippen LogP contribution in [-0.2, 0) is 4.79 Å². The Labute approximate surface area is 89.6 Å². The summed E-state index contributed by atoms with van der Waals surface area (Å²) in [5.74, 6) is -0.153. The SMILES string of the molecule is C=CC(=O)CC(O)/C=C/c1ccccc1. The lowest BCUT2D eigenvalue weighted by molar-refractivity contribution is -0.115. The summed E-state index contributed by atoms with van der Waals surface area (Å²) in [6, 6.07) is 9.62. The molecule has 0 amide bonds. The number of allylic oxidation sites excluding steroid dienone is 1. The van der Waals surface area contributed by atoms with Gasteiger partial charge in [-0.25, -0.2) is 0 Å². The molecule has 0 radical (unpaired) electrons. The molecule has 0 bridgehead atoms. The van der Waals surface area contributed by atoms with E-state index in [0.717, 1.165) is 5.56 Å². The first kappa shape index (κ1) is 11.4. The lowest BCUT2D eigenvalue weighted by atomic mass is 10.1. The average Bonchev–Trinajstić information content (AvgIpc) is 2.27. The number of rotatable bonds is 5. The zero-order valence-corrected chi connectivity index (χ0v) is 8.47. The summed E-state index contributed by atoms with van der Waals surface area (Å²) in [5.41, 5.74) is 1.00. The summed E-state index contributed by atoms with van der Waals surface area (Å²) in [5, 5.41) is 9.46. The molecule has 0 heterocycles. The van der Waals surface area contributed by atoms with E-state index in [-0.39, 0.29) is 12.2 Å². The highest BCUT2D eigenvalue weighted by Crippen LogP contribution is 2.04. The Morgan fingerprint density at radius 3 is 2.67 bits per heavy atom. The number of carbonyl (C=O) groups excluding carboxylic acids is 1. The van der Waals surface area contributed by atoms with Gasteiger partial charge in [-0.2, -0.15) is 0 Å². The summed E-state index contributed by atoms with van der Waals surface area (Å²) in [7, 11) is 0. The monoisotopic (exact) mass is 202 g/mol. The highest BCUT2D eigenvalue weighted by molar-refractivity contribution is 5.89. The van der Waals surface area contributed by atoms with Gasteiger partial charge in [-0.05, 0) is 11.6 Å². The molecule has 2 heteroatoms. The molecule has 78 valence electrons. The summed E-state index contributed by atoms with van der Waals surface area (Å²) in [6.45, 7) is 3.35. The normalized spacial score (nSPS) is 12.6. The smallest absolute Gasteiger partial charge is 0.158 e. The molecule has 1 N–H and O–H groups in total. The van der Waals surface area contributed by atoms with Gasteiger partial charge in [0.15, 0.2) is 5.78 Å². The van der Waals surface area contributed by atoms with Crippen molar-refractivity contribution in [3.8, 4) is 0 Å². The fraction of sp³-hybridized carbons (Fsp3) is 0.154. The van der Waals surface area contributed by atoms with Crippen molar-refractivity contribution in [3.63, 3.8) is 0 Å². The summed E-state index contributed by atoms with van der Waals surface area (Å²) in [4.78, 5) is 10.9. The minimum atomic E-state index is -0.740. The van der Waals surface area contributed by atoms with Crippen molar-refractivity contribution in [2.24, 2.45) is 0 Å². The summed E-state index contributed by atoms with van der Waals surface area (Å²) >= 11 is 0. The van der Waals surface area contributed by atoms with Gasteiger partial charge in [-0.3, -0.25) is 4.79 Å². The van der Waals surface area contributed by atoms with E-state index >= 15 is 0 Å². The van der Waals surface area contributed by atoms with Crippen LogP contribution in [0.3, 0.4) is 0 Å². The van der Waals surface area contributed by atoms with E-state index in [1.807, 2.05) is 30.3 Å². The van der Waals surface area contributed by atoms with Crippen LogP contribution in [0.25, 0.3) is 6.08 Å². The number of benzene rings is 1. The van der Waals surface area contributed by atoms with Crippen molar-refractivity contribution < 1.29 is 9.90 Å². The zero-order valence-electron chi connectivity index (χ0n) is 8.47. The quantitative estimate of drug-likeness (QED) is 0.743. The lowest BCUT2D eigenvalue weighted by Crippen LogP contribution is -2.08. The standard InChI is InChI=1S/C13H14O2/c1-2-12(14)10-13(15)9-8-11-6-4-3-5-7-11/h2-9,13,15H,1,10H2/b9-8+. The molecule has 0 aromatic heterocycles. The lowest BCUT2D eigenvalue weighted by Gasteiger charge is -2.01. The van der Waals surface area contributed by atoms with Crippen LogP contribution < -0.4 is 0 Å². The minimum Gasteiger partial charge on any atom is -0.389 e. The molecule has 2 nitrogen and oxygen atoms in total. The molecular formula is C13H14O2. The van der Waals surface area contributed by atoms with Gasteiger partial charge in [0.25, 0.3) is 0 Å².